The van der Waals surface area contributed by atoms with Gasteiger partial charge in [-0.25, -0.2) is 13.6 Å². The molecular weight excluding hydrogens is 280 g/mol. The number of nitrogens with two attached hydrogens (primary N) is 1. The zero-order valence-electron chi connectivity index (χ0n) is 11.2. The predicted octanol–water partition coefficient (Wildman–Crippen LogP) is 2.91. The molecule has 6 heteroatoms. The number of esters is 1. The second kappa shape index (κ2) is 6.21. The third-order valence-electron chi connectivity index (χ3n) is 2.86. The smallest absolute Gasteiger partial charge is 0.343 e. The Bertz CT molecular complexity index is 674. The van der Waals surface area contributed by atoms with Crippen molar-refractivity contribution in [1.82, 2.24) is 0 Å². The van der Waals surface area contributed by atoms with Gasteiger partial charge in [-0.05, 0) is 18.2 Å². The number of benzene rings is 2. The number of rotatable bonds is 4. The molecule has 0 fully saturated rings. The molecule has 0 aliphatic carbocycles. The van der Waals surface area contributed by atoms with E-state index < -0.39 is 17.6 Å². The summed E-state index contributed by atoms with van der Waals surface area (Å²) in [7, 11) is 1.21. The second-order valence-corrected chi connectivity index (χ2v) is 4.21. The summed E-state index contributed by atoms with van der Waals surface area (Å²) >= 11 is 0. The van der Waals surface area contributed by atoms with Crippen LogP contribution in [0.25, 0.3) is 0 Å². The third-order valence-corrected chi connectivity index (χ3v) is 2.86. The van der Waals surface area contributed by atoms with Gasteiger partial charge < -0.3 is 15.2 Å². The molecule has 0 spiro atoms. The Hall–Kier alpha value is -2.63. The lowest BCUT2D eigenvalue weighted by Crippen LogP contribution is -2.09. The van der Waals surface area contributed by atoms with E-state index in [0.29, 0.717) is 0 Å². The molecular formula is C15H13F2NO3. The summed E-state index contributed by atoms with van der Waals surface area (Å²) in [4.78, 5) is 11.7. The Balaban J connectivity index is 2.26. The van der Waals surface area contributed by atoms with E-state index in [2.05, 4.69) is 4.74 Å². The SMILES string of the molecule is COC(=O)c1c(N)cccc1OCc1cccc(F)c1F. The second-order valence-electron chi connectivity index (χ2n) is 4.21. The van der Waals surface area contributed by atoms with E-state index in [9.17, 15) is 13.6 Å². The summed E-state index contributed by atoms with van der Waals surface area (Å²) in [5.74, 6) is -2.47. The van der Waals surface area contributed by atoms with Crippen LogP contribution in [-0.4, -0.2) is 13.1 Å². The van der Waals surface area contributed by atoms with Gasteiger partial charge in [0.05, 0.1) is 7.11 Å². The molecule has 0 heterocycles. The third kappa shape index (κ3) is 3.10. The Labute approximate surface area is 120 Å². The first kappa shape index (κ1) is 14.8. The van der Waals surface area contributed by atoms with E-state index in [1.807, 2.05) is 0 Å². The van der Waals surface area contributed by atoms with E-state index in [0.717, 1.165) is 6.07 Å². The van der Waals surface area contributed by atoms with E-state index in [4.69, 9.17) is 10.5 Å². The lowest BCUT2D eigenvalue weighted by atomic mass is 10.1. The summed E-state index contributed by atoms with van der Waals surface area (Å²) in [5, 5.41) is 0. The Morgan fingerprint density at radius 3 is 2.62 bits per heavy atom. The average molecular weight is 293 g/mol. The van der Waals surface area contributed by atoms with Gasteiger partial charge in [0.2, 0.25) is 0 Å². The maximum Gasteiger partial charge on any atom is 0.343 e. The number of hydrogen-bond acceptors (Lipinski definition) is 4. The first-order valence-corrected chi connectivity index (χ1v) is 6.07. The normalized spacial score (nSPS) is 10.2. The van der Waals surface area contributed by atoms with Gasteiger partial charge in [0.25, 0.3) is 0 Å². The highest BCUT2D eigenvalue weighted by molar-refractivity contribution is 5.98. The average Bonchev–Trinajstić information content (AvgIpc) is 2.48. The number of carbonyl (C=O) groups is 1. The van der Waals surface area contributed by atoms with Crippen LogP contribution >= 0.6 is 0 Å². The Morgan fingerprint density at radius 2 is 1.90 bits per heavy atom. The molecule has 21 heavy (non-hydrogen) atoms. The number of halogens is 2. The van der Waals surface area contributed by atoms with Crippen LogP contribution in [0.4, 0.5) is 14.5 Å². The van der Waals surface area contributed by atoms with Crippen LogP contribution in [0.15, 0.2) is 36.4 Å². The first-order chi connectivity index (χ1) is 10.0. The highest BCUT2D eigenvalue weighted by Gasteiger charge is 2.17. The van der Waals surface area contributed by atoms with Crippen LogP contribution < -0.4 is 10.5 Å². The van der Waals surface area contributed by atoms with Crippen LogP contribution in [0.1, 0.15) is 15.9 Å². The van der Waals surface area contributed by atoms with E-state index in [1.165, 1.54) is 31.4 Å². The highest BCUT2D eigenvalue weighted by atomic mass is 19.2. The molecule has 0 amide bonds. The van der Waals surface area contributed by atoms with Gasteiger partial charge in [0.15, 0.2) is 11.6 Å². The number of ether oxygens (including phenoxy) is 2. The lowest BCUT2D eigenvalue weighted by molar-refractivity contribution is 0.0597. The van der Waals surface area contributed by atoms with Gasteiger partial charge in [-0.15, -0.1) is 0 Å². The fourth-order valence-electron chi connectivity index (χ4n) is 1.80. The minimum Gasteiger partial charge on any atom is -0.488 e. The molecule has 0 unspecified atom stereocenters. The van der Waals surface area contributed by atoms with Gasteiger partial charge in [-0.3, -0.25) is 0 Å². The molecule has 2 rings (SSSR count). The van der Waals surface area contributed by atoms with Crippen molar-refractivity contribution in [1.29, 1.82) is 0 Å². The van der Waals surface area contributed by atoms with Gasteiger partial charge in [-0.2, -0.15) is 0 Å². The van der Waals surface area contributed by atoms with Crippen LogP contribution in [0.5, 0.6) is 5.75 Å². The molecule has 110 valence electrons. The van der Waals surface area contributed by atoms with Crippen molar-refractivity contribution in [3.05, 3.63) is 59.2 Å². The molecule has 0 aliphatic heterocycles. The van der Waals surface area contributed by atoms with Gasteiger partial charge >= 0.3 is 5.97 Å². The van der Waals surface area contributed by atoms with Crippen molar-refractivity contribution < 1.29 is 23.0 Å². The fourth-order valence-corrected chi connectivity index (χ4v) is 1.80. The fraction of sp³-hybridized carbons (Fsp3) is 0.133. The van der Waals surface area contributed by atoms with Gasteiger partial charge in [-0.1, -0.05) is 18.2 Å². The van der Waals surface area contributed by atoms with Crippen molar-refractivity contribution in [2.75, 3.05) is 12.8 Å². The molecule has 2 aromatic rings. The van der Waals surface area contributed by atoms with E-state index in [1.54, 1.807) is 6.07 Å². The van der Waals surface area contributed by atoms with Crippen molar-refractivity contribution in [3.63, 3.8) is 0 Å². The predicted molar refractivity (Wildman–Crippen MR) is 72.9 cm³/mol. The minimum absolute atomic E-state index is 0.0354. The first-order valence-electron chi connectivity index (χ1n) is 6.07. The Kier molecular flexibility index (Phi) is 4.37. The standard InChI is InChI=1S/C15H13F2NO3/c1-20-15(19)13-11(18)6-3-7-12(13)21-8-9-4-2-5-10(16)14(9)17/h2-7H,8,18H2,1H3. The molecule has 0 saturated carbocycles. The van der Waals surface area contributed by atoms with Crippen LogP contribution in [0.2, 0.25) is 0 Å². The highest BCUT2D eigenvalue weighted by Crippen LogP contribution is 2.26. The van der Waals surface area contributed by atoms with Crippen LogP contribution in [0, 0.1) is 11.6 Å². The quantitative estimate of drug-likeness (QED) is 0.695. The monoisotopic (exact) mass is 293 g/mol. The van der Waals surface area contributed by atoms with Crippen molar-refractivity contribution in [2.45, 2.75) is 6.61 Å². The summed E-state index contributed by atoms with van der Waals surface area (Å²) < 4.78 is 36.6. The lowest BCUT2D eigenvalue weighted by Gasteiger charge is -2.12. The summed E-state index contributed by atoms with van der Waals surface area (Å²) in [6.45, 7) is -0.239. The van der Waals surface area contributed by atoms with Crippen molar-refractivity contribution in [2.24, 2.45) is 0 Å². The van der Waals surface area contributed by atoms with Crippen LogP contribution in [-0.2, 0) is 11.3 Å². The number of nitrogen functional groups attached to an aromatic ring is 1. The molecule has 0 radical (unpaired) electrons. The number of methoxy groups -OCH3 is 1. The summed E-state index contributed by atoms with van der Waals surface area (Å²) in [5.41, 5.74) is 5.97. The molecule has 4 nitrogen and oxygen atoms in total. The largest absolute Gasteiger partial charge is 0.488 e. The number of anilines is 1. The van der Waals surface area contributed by atoms with Crippen molar-refractivity contribution >= 4 is 11.7 Å². The van der Waals surface area contributed by atoms with Gasteiger partial charge in [0, 0.05) is 11.3 Å². The van der Waals surface area contributed by atoms with Crippen LogP contribution in [0.3, 0.4) is 0 Å². The van der Waals surface area contributed by atoms with Crippen molar-refractivity contribution in [3.8, 4) is 5.75 Å². The van der Waals surface area contributed by atoms with E-state index >= 15 is 0 Å². The molecule has 2 aromatic carbocycles. The molecule has 0 aliphatic rings. The van der Waals surface area contributed by atoms with E-state index in [-0.39, 0.29) is 29.2 Å². The Morgan fingerprint density at radius 1 is 1.19 bits per heavy atom. The number of carbonyl (C=O) groups excluding carboxylic acids is 1. The maximum atomic E-state index is 13.5. The molecule has 0 bridgehead atoms. The van der Waals surface area contributed by atoms with Gasteiger partial charge in [0.1, 0.15) is 17.9 Å². The molecule has 0 aromatic heterocycles. The molecule has 0 saturated heterocycles. The summed E-state index contributed by atoms with van der Waals surface area (Å²) in [6, 6.07) is 8.38. The molecule has 2 N–H and O–H groups in total. The zero-order valence-corrected chi connectivity index (χ0v) is 11.2. The zero-order chi connectivity index (χ0) is 15.4. The minimum atomic E-state index is -0.985. The molecule has 0 atom stereocenters. The topological polar surface area (TPSA) is 61.5 Å². The maximum absolute atomic E-state index is 13.5. The summed E-state index contributed by atoms with van der Waals surface area (Å²) in [6.07, 6.45) is 0. The number of hydrogen-bond donors (Lipinski definition) is 1.